The summed E-state index contributed by atoms with van der Waals surface area (Å²) in [5.74, 6) is -1.81. The first-order valence-electron chi connectivity index (χ1n) is 13.5. The summed E-state index contributed by atoms with van der Waals surface area (Å²) in [6.07, 6.45) is -4.19. The molecule has 3 amide bonds. The first-order valence-corrected chi connectivity index (χ1v) is 14.3. The van der Waals surface area contributed by atoms with Gasteiger partial charge < -0.3 is 24.2 Å². The van der Waals surface area contributed by atoms with Gasteiger partial charge in [0.2, 0.25) is 5.91 Å². The third-order valence-electron chi connectivity index (χ3n) is 7.91. The second kappa shape index (κ2) is 13.0. The fourth-order valence-electron chi connectivity index (χ4n) is 5.63. The van der Waals surface area contributed by atoms with Gasteiger partial charge in [-0.3, -0.25) is 9.59 Å². The Hall–Kier alpha value is -3.18. The third kappa shape index (κ3) is 6.72. The summed E-state index contributed by atoms with van der Waals surface area (Å²) in [5, 5.41) is 0.654. The molecular formula is C29H32Cl2F3N3O5. The van der Waals surface area contributed by atoms with Crippen molar-refractivity contribution in [2.24, 2.45) is 5.92 Å². The van der Waals surface area contributed by atoms with Crippen molar-refractivity contribution in [3.63, 3.8) is 0 Å². The van der Waals surface area contributed by atoms with Gasteiger partial charge in [0.25, 0.3) is 5.91 Å². The summed E-state index contributed by atoms with van der Waals surface area (Å²) < 4.78 is 50.9. The van der Waals surface area contributed by atoms with Crippen LogP contribution >= 0.6 is 23.2 Å². The van der Waals surface area contributed by atoms with Crippen LogP contribution < -0.4 is 4.74 Å². The van der Waals surface area contributed by atoms with E-state index in [1.54, 1.807) is 34.9 Å². The van der Waals surface area contributed by atoms with Crippen LogP contribution in [0.4, 0.5) is 18.0 Å². The van der Waals surface area contributed by atoms with Crippen LogP contribution in [0.2, 0.25) is 10.0 Å². The summed E-state index contributed by atoms with van der Waals surface area (Å²) in [7, 11) is 2.64. The molecule has 4 rings (SSSR count). The quantitative estimate of drug-likeness (QED) is 0.394. The number of halogens is 5. The standard InChI is InChI=1S/C29H32Cl2F3N3O5/c1-4-42-28(40)36-11-9-17(10-12-36)27(39)37-15-20(18-5-7-22(30)23(31)14-18)24(16-37)35(2)26(38)19-6-8-25(41-3)21(13-19)29(32,33)34/h5-8,13-14,17,20,24H,4,9-12,15-16H2,1-3H3. The van der Waals surface area contributed by atoms with Gasteiger partial charge in [-0.15, -0.1) is 0 Å². The van der Waals surface area contributed by atoms with Crippen molar-refractivity contribution < 1.29 is 37.0 Å². The van der Waals surface area contributed by atoms with Gasteiger partial charge in [0.15, 0.2) is 0 Å². The third-order valence-corrected chi connectivity index (χ3v) is 8.65. The van der Waals surface area contributed by atoms with E-state index in [1.807, 2.05) is 0 Å². The van der Waals surface area contributed by atoms with Gasteiger partial charge in [-0.25, -0.2) is 4.79 Å². The number of rotatable bonds is 6. The van der Waals surface area contributed by atoms with Gasteiger partial charge in [0, 0.05) is 50.6 Å². The Morgan fingerprint density at radius 3 is 2.29 bits per heavy atom. The van der Waals surface area contributed by atoms with E-state index < -0.39 is 29.8 Å². The predicted molar refractivity (Wildman–Crippen MR) is 151 cm³/mol. The fourth-order valence-corrected chi connectivity index (χ4v) is 5.93. The highest BCUT2D eigenvalue weighted by molar-refractivity contribution is 6.42. The molecule has 2 unspecified atom stereocenters. The lowest BCUT2D eigenvalue weighted by Crippen LogP contribution is -2.45. The van der Waals surface area contributed by atoms with Crippen molar-refractivity contribution in [2.75, 3.05) is 46.9 Å². The minimum absolute atomic E-state index is 0.101. The number of alkyl halides is 3. The van der Waals surface area contributed by atoms with Crippen molar-refractivity contribution in [1.82, 2.24) is 14.7 Å². The van der Waals surface area contributed by atoms with Crippen LogP contribution in [-0.2, 0) is 15.7 Å². The average molecular weight is 630 g/mol. The van der Waals surface area contributed by atoms with Crippen LogP contribution in [0.5, 0.6) is 5.75 Å². The molecule has 0 bridgehead atoms. The maximum absolute atomic E-state index is 13.7. The summed E-state index contributed by atoms with van der Waals surface area (Å²) in [6.45, 7) is 3.22. The van der Waals surface area contributed by atoms with E-state index in [0.29, 0.717) is 36.0 Å². The van der Waals surface area contributed by atoms with Crippen LogP contribution in [0, 0.1) is 5.92 Å². The number of methoxy groups -OCH3 is 1. The molecule has 13 heteroatoms. The van der Waals surface area contributed by atoms with Crippen molar-refractivity contribution in [3.05, 3.63) is 63.1 Å². The van der Waals surface area contributed by atoms with Crippen LogP contribution in [0.25, 0.3) is 0 Å². The lowest BCUT2D eigenvalue weighted by atomic mass is 9.93. The number of ether oxygens (including phenoxy) is 2. The number of nitrogens with zero attached hydrogens (tertiary/aromatic N) is 3. The highest BCUT2D eigenvalue weighted by atomic mass is 35.5. The van der Waals surface area contributed by atoms with E-state index in [9.17, 15) is 27.6 Å². The molecule has 2 aliphatic rings. The van der Waals surface area contributed by atoms with Gasteiger partial charge in [-0.05, 0) is 55.7 Å². The zero-order valence-corrected chi connectivity index (χ0v) is 24.9. The highest BCUT2D eigenvalue weighted by Crippen LogP contribution is 2.39. The highest BCUT2D eigenvalue weighted by Gasteiger charge is 2.43. The molecule has 2 aromatic carbocycles. The lowest BCUT2D eigenvalue weighted by molar-refractivity contribution is -0.139. The normalized spacial score (nSPS) is 19.5. The van der Waals surface area contributed by atoms with Gasteiger partial charge >= 0.3 is 12.3 Å². The molecule has 0 aliphatic carbocycles. The van der Waals surface area contributed by atoms with Crippen LogP contribution in [0.15, 0.2) is 36.4 Å². The van der Waals surface area contributed by atoms with E-state index in [2.05, 4.69) is 0 Å². The monoisotopic (exact) mass is 629 g/mol. The summed E-state index contributed by atoms with van der Waals surface area (Å²) in [4.78, 5) is 43.9. The van der Waals surface area contributed by atoms with Gasteiger partial charge in [0.1, 0.15) is 5.75 Å². The average Bonchev–Trinajstić information content (AvgIpc) is 3.42. The molecular weight excluding hydrogens is 598 g/mol. The van der Waals surface area contributed by atoms with Gasteiger partial charge in [-0.2, -0.15) is 13.2 Å². The maximum Gasteiger partial charge on any atom is 0.419 e. The molecule has 2 fully saturated rings. The molecule has 0 saturated carbocycles. The summed E-state index contributed by atoms with van der Waals surface area (Å²) in [6, 6.07) is 7.71. The van der Waals surface area contributed by atoms with E-state index in [1.165, 1.54) is 18.0 Å². The number of likely N-dealkylation sites (tertiary alicyclic amines) is 2. The summed E-state index contributed by atoms with van der Waals surface area (Å²) >= 11 is 12.4. The van der Waals surface area contributed by atoms with Crippen molar-refractivity contribution in [3.8, 4) is 5.75 Å². The van der Waals surface area contributed by atoms with E-state index in [0.717, 1.165) is 24.8 Å². The van der Waals surface area contributed by atoms with Crippen molar-refractivity contribution in [2.45, 2.75) is 37.9 Å². The van der Waals surface area contributed by atoms with Crippen molar-refractivity contribution >= 4 is 41.1 Å². The van der Waals surface area contributed by atoms with Crippen LogP contribution in [-0.4, -0.2) is 85.6 Å². The van der Waals surface area contributed by atoms with Crippen molar-refractivity contribution in [1.29, 1.82) is 0 Å². The maximum atomic E-state index is 13.7. The molecule has 228 valence electrons. The molecule has 2 saturated heterocycles. The SMILES string of the molecule is CCOC(=O)N1CCC(C(=O)N2CC(c3ccc(Cl)c(Cl)c3)C(N(C)C(=O)c3ccc(OC)c(C(F)(F)F)c3)C2)CC1. The van der Waals surface area contributed by atoms with Gasteiger partial charge in [-0.1, -0.05) is 29.3 Å². The first kappa shape index (κ1) is 31.7. The Morgan fingerprint density at radius 1 is 1.00 bits per heavy atom. The van der Waals surface area contributed by atoms with Crippen LogP contribution in [0.1, 0.15) is 47.2 Å². The number of carbonyl (C=O) groups excluding carboxylic acids is 3. The molecule has 2 aliphatic heterocycles. The largest absolute Gasteiger partial charge is 0.496 e. The number of carbonyl (C=O) groups is 3. The van der Waals surface area contributed by atoms with E-state index in [-0.39, 0.29) is 48.8 Å². The minimum Gasteiger partial charge on any atom is -0.496 e. The fraction of sp³-hybridized carbons (Fsp3) is 0.483. The number of likely N-dealkylation sites (N-methyl/N-ethyl adjacent to an activating group) is 1. The molecule has 0 radical (unpaired) electrons. The molecule has 8 nitrogen and oxygen atoms in total. The Bertz CT molecular complexity index is 1330. The Balaban J connectivity index is 1.58. The molecule has 0 N–H and O–H groups in total. The lowest BCUT2D eigenvalue weighted by Gasteiger charge is -2.32. The molecule has 42 heavy (non-hydrogen) atoms. The predicted octanol–water partition coefficient (Wildman–Crippen LogP) is 5.96. The number of piperidine rings is 1. The molecule has 2 heterocycles. The Morgan fingerprint density at radius 2 is 1.69 bits per heavy atom. The number of hydrogen-bond donors (Lipinski definition) is 0. The number of amides is 3. The van der Waals surface area contributed by atoms with Gasteiger partial charge in [0.05, 0.1) is 35.4 Å². The molecule has 0 aromatic heterocycles. The summed E-state index contributed by atoms with van der Waals surface area (Å²) in [5.41, 5.74) is -0.468. The number of benzene rings is 2. The Labute approximate surface area is 252 Å². The Kier molecular flexibility index (Phi) is 9.82. The molecule has 2 atom stereocenters. The molecule has 2 aromatic rings. The first-order chi connectivity index (χ1) is 19.8. The molecule has 0 spiro atoms. The zero-order chi connectivity index (χ0) is 30.8. The van der Waals surface area contributed by atoms with Crippen LogP contribution in [0.3, 0.4) is 0 Å². The topological polar surface area (TPSA) is 79.4 Å². The minimum atomic E-state index is -4.72. The zero-order valence-electron chi connectivity index (χ0n) is 23.4. The second-order valence-corrected chi connectivity index (χ2v) is 11.2. The van der Waals surface area contributed by atoms with E-state index in [4.69, 9.17) is 32.7 Å². The second-order valence-electron chi connectivity index (χ2n) is 10.4. The smallest absolute Gasteiger partial charge is 0.419 e. The number of hydrogen-bond acceptors (Lipinski definition) is 5. The van der Waals surface area contributed by atoms with E-state index >= 15 is 0 Å².